The molecule has 0 radical (unpaired) electrons. The number of Topliss-reactive ketones (excluding diaryl/α,β-unsaturated/α-hetero) is 1. The largest absolute Gasteiger partial charge is 0.444 e. The van der Waals surface area contributed by atoms with Crippen LogP contribution in [0.25, 0.3) is 11.3 Å². The average Bonchev–Trinajstić information content (AvgIpc) is 2.88. The number of carbonyl (C=O) groups is 1. The molecule has 0 fully saturated rings. The molecule has 0 aliphatic carbocycles. The van der Waals surface area contributed by atoms with E-state index >= 15 is 0 Å². The van der Waals surface area contributed by atoms with Crippen molar-refractivity contribution in [2.75, 3.05) is 11.1 Å². The molecule has 6 nitrogen and oxygen atoms in total. The van der Waals surface area contributed by atoms with Crippen LogP contribution in [0.2, 0.25) is 0 Å². The second-order valence-corrected chi connectivity index (χ2v) is 6.75. The number of hydrogen-bond acceptors (Lipinski definition) is 7. The van der Waals surface area contributed by atoms with Gasteiger partial charge in [0.05, 0.1) is 0 Å². The fourth-order valence-corrected chi connectivity index (χ4v) is 3.23. The molecule has 1 aliphatic heterocycles. The number of fused-ring (bicyclic) bond motifs is 3. The van der Waals surface area contributed by atoms with Crippen molar-refractivity contribution in [2.24, 2.45) is 0 Å². The Labute approximate surface area is 160 Å². The van der Waals surface area contributed by atoms with Crippen LogP contribution in [0.5, 0.6) is 5.88 Å². The number of aromatic nitrogens is 3. The minimum absolute atomic E-state index is 0.183. The number of ketones is 1. The lowest BCUT2D eigenvalue weighted by molar-refractivity contribution is 0.0823. The van der Waals surface area contributed by atoms with Crippen LogP contribution in [0.15, 0.2) is 72.4 Å². The number of carbonyl (C=O) groups excluding carboxylic acids is 1. The Morgan fingerprint density at radius 2 is 1.93 bits per heavy atom. The molecule has 1 aromatic heterocycles. The molecule has 4 rings (SSSR count). The van der Waals surface area contributed by atoms with Crippen molar-refractivity contribution < 1.29 is 9.53 Å². The third-order valence-electron chi connectivity index (χ3n) is 3.96. The van der Waals surface area contributed by atoms with E-state index in [-0.39, 0.29) is 11.7 Å². The zero-order valence-corrected chi connectivity index (χ0v) is 15.1. The maximum Gasteiger partial charge on any atom is 0.247 e. The minimum Gasteiger partial charge on any atom is -0.444 e. The Balaban J connectivity index is 1.76. The van der Waals surface area contributed by atoms with Gasteiger partial charge in [-0.3, -0.25) is 4.79 Å². The van der Waals surface area contributed by atoms with E-state index in [9.17, 15) is 4.79 Å². The monoisotopic (exact) mass is 376 g/mol. The van der Waals surface area contributed by atoms with Crippen molar-refractivity contribution in [3.05, 3.63) is 72.8 Å². The predicted molar refractivity (Wildman–Crippen MR) is 105 cm³/mol. The summed E-state index contributed by atoms with van der Waals surface area (Å²) in [5, 5.41) is 12.1. The van der Waals surface area contributed by atoms with E-state index in [0.29, 0.717) is 22.2 Å². The molecule has 0 saturated carbocycles. The van der Waals surface area contributed by atoms with Crippen LogP contribution in [0.1, 0.15) is 10.4 Å². The summed E-state index contributed by atoms with van der Waals surface area (Å²) in [5.41, 5.74) is 2.59. The first-order chi connectivity index (χ1) is 13.3. The quantitative estimate of drug-likeness (QED) is 0.412. The molecule has 1 atom stereocenters. The fraction of sp³-hybridized carbons (Fsp3) is 0.100. The van der Waals surface area contributed by atoms with Crippen LogP contribution in [0, 0.1) is 0 Å². The highest BCUT2D eigenvalue weighted by Gasteiger charge is 2.29. The molecule has 1 aliphatic rings. The zero-order chi connectivity index (χ0) is 18.6. The Morgan fingerprint density at radius 1 is 1.15 bits per heavy atom. The summed E-state index contributed by atoms with van der Waals surface area (Å²) in [6.45, 7) is 3.69. The molecule has 3 aromatic rings. The molecule has 0 bridgehead atoms. The summed E-state index contributed by atoms with van der Waals surface area (Å²) in [6.07, 6.45) is 0.850. The van der Waals surface area contributed by atoms with Crippen LogP contribution in [0.3, 0.4) is 0 Å². The van der Waals surface area contributed by atoms with E-state index < -0.39 is 6.23 Å². The predicted octanol–water partition coefficient (Wildman–Crippen LogP) is 3.83. The van der Waals surface area contributed by atoms with E-state index in [0.717, 1.165) is 11.3 Å². The molecular formula is C20H16N4O2S. The molecular weight excluding hydrogens is 360 g/mol. The van der Waals surface area contributed by atoms with Gasteiger partial charge in [0.1, 0.15) is 0 Å². The highest BCUT2D eigenvalue weighted by Crippen LogP contribution is 2.36. The number of anilines is 1. The lowest BCUT2D eigenvalue weighted by Crippen LogP contribution is -2.35. The highest BCUT2D eigenvalue weighted by atomic mass is 32.2. The highest BCUT2D eigenvalue weighted by molar-refractivity contribution is 7.99. The van der Waals surface area contributed by atoms with E-state index in [4.69, 9.17) is 4.74 Å². The number of thioether (sulfide) groups is 1. The van der Waals surface area contributed by atoms with Gasteiger partial charge in [-0.15, -0.1) is 16.8 Å². The first-order valence-electron chi connectivity index (χ1n) is 8.36. The fourth-order valence-electron chi connectivity index (χ4n) is 2.71. The second kappa shape index (κ2) is 7.59. The standard InChI is InChI=1S/C20H16N4O2S/c1-2-12-27-20-22-18-16(23-24-20)14-10-6-7-11-15(14)21-19(26-18)17(25)13-8-4-3-5-9-13/h2-11,19,21H,1,12H2/t19-/m1/s1. The summed E-state index contributed by atoms with van der Waals surface area (Å²) >= 11 is 1.40. The number of para-hydroxylation sites is 1. The van der Waals surface area contributed by atoms with E-state index in [1.165, 1.54) is 11.8 Å². The first kappa shape index (κ1) is 17.2. The summed E-state index contributed by atoms with van der Waals surface area (Å²) in [6, 6.07) is 16.6. The SMILES string of the molecule is C=CCSc1nnc2c(n1)O[C@H](C(=O)c1ccccc1)Nc1ccccc1-2. The number of nitrogens with one attached hydrogen (secondary N) is 1. The van der Waals surface area contributed by atoms with Crippen LogP contribution in [0.4, 0.5) is 5.69 Å². The third-order valence-corrected chi connectivity index (χ3v) is 4.79. The zero-order valence-electron chi connectivity index (χ0n) is 14.3. The van der Waals surface area contributed by atoms with Gasteiger partial charge < -0.3 is 10.1 Å². The molecule has 1 N–H and O–H groups in total. The molecule has 0 spiro atoms. The molecule has 0 unspecified atom stereocenters. The Kier molecular flexibility index (Phi) is 4.84. The van der Waals surface area contributed by atoms with Gasteiger partial charge in [-0.05, 0) is 6.07 Å². The number of rotatable bonds is 5. The first-order valence-corrected chi connectivity index (χ1v) is 9.35. The summed E-state index contributed by atoms with van der Waals surface area (Å²) < 4.78 is 5.96. The Morgan fingerprint density at radius 3 is 2.74 bits per heavy atom. The molecule has 27 heavy (non-hydrogen) atoms. The van der Waals surface area contributed by atoms with Crippen LogP contribution in [-0.2, 0) is 0 Å². The minimum atomic E-state index is -0.913. The van der Waals surface area contributed by atoms with Gasteiger partial charge in [0.25, 0.3) is 0 Å². The number of benzene rings is 2. The average molecular weight is 376 g/mol. The molecule has 2 heterocycles. The summed E-state index contributed by atoms with van der Waals surface area (Å²) in [7, 11) is 0. The van der Waals surface area contributed by atoms with Gasteiger partial charge in [0.2, 0.25) is 23.0 Å². The van der Waals surface area contributed by atoms with Crippen molar-refractivity contribution >= 4 is 23.2 Å². The number of nitrogens with zero attached hydrogens (tertiary/aromatic N) is 3. The van der Waals surface area contributed by atoms with Crippen molar-refractivity contribution in [3.63, 3.8) is 0 Å². The second-order valence-electron chi connectivity index (χ2n) is 5.77. The Bertz CT molecular complexity index is 994. The van der Waals surface area contributed by atoms with Crippen molar-refractivity contribution in [3.8, 4) is 17.1 Å². The molecule has 2 aromatic carbocycles. The normalized spacial score (nSPS) is 14.7. The smallest absolute Gasteiger partial charge is 0.247 e. The summed E-state index contributed by atoms with van der Waals surface area (Å²) in [5.74, 6) is 0.752. The topological polar surface area (TPSA) is 77.0 Å². The van der Waals surface area contributed by atoms with E-state index in [1.54, 1.807) is 18.2 Å². The van der Waals surface area contributed by atoms with Gasteiger partial charge in [-0.25, -0.2) is 0 Å². The van der Waals surface area contributed by atoms with E-state index in [2.05, 4.69) is 27.1 Å². The third kappa shape index (κ3) is 3.54. The number of ether oxygens (including phenoxy) is 1. The van der Waals surface area contributed by atoms with Gasteiger partial charge in [0, 0.05) is 22.6 Å². The number of hydrogen-bond donors (Lipinski definition) is 1. The van der Waals surface area contributed by atoms with Crippen molar-refractivity contribution in [1.29, 1.82) is 0 Å². The van der Waals surface area contributed by atoms with Crippen LogP contribution < -0.4 is 10.1 Å². The van der Waals surface area contributed by atoms with Gasteiger partial charge in [-0.1, -0.05) is 66.4 Å². The maximum atomic E-state index is 13.0. The molecule has 0 amide bonds. The molecule has 134 valence electrons. The summed E-state index contributed by atoms with van der Waals surface area (Å²) in [4.78, 5) is 17.4. The molecule has 0 saturated heterocycles. The van der Waals surface area contributed by atoms with Crippen molar-refractivity contribution in [2.45, 2.75) is 11.4 Å². The lowest BCUT2D eigenvalue weighted by Gasteiger charge is -2.17. The van der Waals surface area contributed by atoms with Crippen molar-refractivity contribution in [1.82, 2.24) is 15.2 Å². The van der Waals surface area contributed by atoms with Crippen LogP contribution >= 0.6 is 11.8 Å². The van der Waals surface area contributed by atoms with Gasteiger partial charge in [-0.2, -0.15) is 4.98 Å². The van der Waals surface area contributed by atoms with E-state index in [1.807, 2.05) is 42.5 Å². The lowest BCUT2D eigenvalue weighted by atomic mass is 10.1. The Hall–Kier alpha value is -3.19. The van der Waals surface area contributed by atoms with Gasteiger partial charge in [0.15, 0.2) is 5.69 Å². The van der Waals surface area contributed by atoms with Crippen LogP contribution in [-0.4, -0.2) is 32.9 Å². The molecule has 7 heteroatoms. The maximum absolute atomic E-state index is 13.0. The van der Waals surface area contributed by atoms with Gasteiger partial charge >= 0.3 is 0 Å².